The van der Waals surface area contributed by atoms with Crippen LogP contribution in [0.1, 0.15) is 53.3 Å². The maximum Gasteiger partial charge on any atom is 0.343 e. The van der Waals surface area contributed by atoms with Gasteiger partial charge in [0.15, 0.2) is 0 Å². The van der Waals surface area contributed by atoms with Crippen molar-refractivity contribution in [1.82, 2.24) is 25.1 Å². The molecule has 1 aliphatic rings. The lowest BCUT2D eigenvalue weighted by molar-refractivity contribution is 0.0899. The summed E-state index contributed by atoms with van der Waals surface area (Å²) in [4.78, 5) is 27.3. The molecule has 3 N–H and O–H groups in total. The predicted molar refractivity (Wildman–Crippen MR) is 91.0 cm³/mol. The molecule has 0 aliphatic heterocycles. The Morgan fingerprint density at radius 1 is 1.38 bits per heavy atom. The van der Waals surface area contributed by atoms with Crippen LogP contribution in [0.5, 0.6) is 0 Å². The second kappa shape index (κ2) is 6.67. The molecule has 2 heterocycles. The first-order valence-electron chi connectivity index (χ1n) is 8.53. The Kier molecular flexibility index (Phi) is 4.59. The molecule has 7 nitrogen and oxygen atoms in total. The van der Waals surface area contributed by atoms with E-state index in [9.17, 15) is 9.59 Å². The Morgan fingerprint density at radius 3 is 2.75 bits per heavy atom. The van der Waals surface area contributed by atoms with Crippen LogP contribution in [0.2, 0.25) is 0 Å². The van der Waals surface area contributed by atoms with Crippen LogP contribution in [0, 0.1) is 19.8 Å². The van der Waals surface area contributed by atoms with Crippen molar-refractivity contribution in [3.05, 3.63) is 39.3 Å². The van der Waals surface area contributed by atoms with Gasteiger partial charge in [-0.05, 0) is 44.2 Å². The first-order valence-corrected chi connectivity index (χ1v) is 8.53. The Morgan fingerprint density at radius 2 is 2.12 bits per heavy atom. The van der Waals surface area contributed by atoms with E-state index in [0.717, 1.165) is 42.8 Å². The molecule has 7 heteroatoms. The van der Waals surface area contributed by atoms with Crippen LogP contribution in [-0.4, -0.2) is 31.7 Å². The highest BCUT2D eigenvalue weighted by molar-refractivity contribution is 5.94. The standard InChI is InChI=1S/C17H25N5O2/c1-10-8-11(2)18-15(10)16(23)19-13-7-5-4-6-12(13)9-14-20-21-17(24)22(14)3/h8,12-13,18H,4-7,9H2,1-3H3,(H,19,23)(H,21,24)/t12-,13-/m1/s1. The molecule has 3 rings (SSSR count). The van der Waals surface area contributed by atoms with E-state index in [1.165, 1.54) is 0 Å². The molecule has 0 radical (unpaired) electrons. The number of aromatic nitrogens is 4. The number of amides is 1. The van der Waals surface area contributed by atoms with Crippen LogP contribution in [0.4, 0.5) is 0 Å². The monoisotopic (exact) mass is 331 g/mol. The van der Waals surface area contributed by atoms with Crippen LogP contribution < -0.4 is 11.0 Å². The van der Waals surface area contributed by atoms with Gasteiger partial charge < -0.3 is 10.3 Å². The molecule has 24 heavy (non-hydrogen) atoms. The molecule has 0 saturated heterocycles. The van der Waals surface area contributed by atoms with E-state index < -0.39 is 0 Å². The van der Waals surface area contributed by atoms with Crippen molar-refractivity contribution in [2.45, 2.75) is 52.0 Å². The van der Waals surface area contributed by atoms with Gasteiger partial charge in [0, 0.05) is 25.2 Å². The Balaban J connectivity index is 1.72. The largest absolute Gasteiger partial charge is 0.354 e. The average Bonchev–Trinajstić information content (AvgIpc) is 3.05. The Hall–Kier alpha value is -2.31. The van der Waals surface area contributed by atoms with Crippen LogP contribution in [0.25, 0.3) is 0 Å². The third kappa shape index (κ3) is 3.29. The second-order valence-corrected chi connectivity index (χ2v) is 6.84. The Labute approximate surface area is 140 Å². The van der Waals surface area contributed by atoms with Crippen LogP contribution in [0.15, 0.2) is 10.9 Å². The molecule has 1 aliphatic carbocycles. The minimum Gasteiger partial charge on any atom is -0.354 e. The summed E-state index contributed by atoms with van der Waals surface area (Å²) in [5, 5.41) is 9.78. The number of aromatic amines is 2. The first-order chi connectivity index (χ1) is 11.5. The summed E-state index contributed by atoms with van der Waals surface area (Å²) in [6.07, 6.45) is 4.96. The van der Waals surface area contributed by atoms with Crippen molar-refractivity contribution in [3.63, 3.8) is 0 Å². The third-order valence-corrected chi connectivity index (χ3v) is 5.02. The second-order valence-electron chi connectivity index (χ2n) is 6.84. The van der Waals surface area contributed by atoms with Crippen molar-refractivity contribution in [1.29, 1.82) is 0 Å². The third-order valence-electron chi connectivity index (χ3n) is 5.02. The zero-order valence-electron chi connectivity index (χ0n) is 14.5. The number of H-pyrrole nitrogens is 2. The fraction of sp³-hybridized carbons (Fsp3) is 0.588. The van der Waals surface area contributed by atoms with Gasteiger partial charge in [-0.3, -0.25) is 9.36 Å². The van der Waals surface area contributed by atoms with Crippen molar-refractivity contribution < 1.29 is 4.79 Å². The molecule has 0 aromatic carbocycles. The number of carbonyl (C=O) groups is 1. The van der Waals surface area contributed by atoms with Crippen molar-refractivity contribution in [2.24, 2.45) is 13.0 Å². The van der Waals surface area contributed by atoms with E-state index in [1.54, 1.807) is 11.6 Å². The maximum absolute atomic E-state index is 12.6. The van der Waals surface area contributed by atoms with Gasteiger partial charge in [0.05, 0.1) is 0 Å². The van der Waals surface area contributed by atoms with E-state index in [4.69, 9.17) is 0 Å². The van der Waals surface area contributed by atoms with E-state index in [-0.39, 0.29) is 17.6 Å². The lowest BCUT2D eigenvalue weighted by Gasteiger charge is -2.32. The quantitative estimate of drug-likeness (QED) is 0.794. The SMILES string of the molecule is Cc1cc(C)c(C(=O)N[C@@H]2CCCC[C@@H]2Cc2n[nH]c(=O)n2C)[nH]1. The number of nitrogens with one attached hydrogen (secondary N) is 3. The highest BCUT2D eigenvalue weighted by Crippen LogP contribution is 2.27. The summed E-state index contributed by atoms with van der Waals surface area (Å²) in [5.74, 6) is 0.999. The van der Waals surface area contributed by atoms with E-state index in [0.29, 0.717) is 18.0 Å². The number of rotatable bonds is 4. The highest BCUT2D eigenvalue weighted by Gasteiger charge is 2.29. The Bertz CT molecular complexity index is 785. The van der Waals surface area contributed by atoms with E-state index in [2.05, 4.69) is 20.5 Å². The number of aryl methyl sites for hydroxylation is 2. The van der Waals surface area contributed by atoms with Gasteiger partial charge in [0.25, 0.3) is 5.91 Å². The van der Waals surface area contributed by atoms with Gasteiger partial charge in [-0.1, -0.05) is 12.8 Å². The molecule has 130 valence electrons. The summed E-state index contributed by atoms with van der Waals surface area (Å²) >= 11 is 0. The summed E-state index contributed by atoms with van der Waals surface area (Å²) in [6, 6.07) is 2.09. The highest BCUT2D eigenvalue weighted by atomic mass is 16.2. The summed E-state index contributed by atoms with van der Waals surface area (Å²) in [7, 11) is 1.72. The van der Waals surface area contributed by atoms with Gasteiger partial charge >= 0.3 is 5.69 Å². The fourth-order valence-corrected chi connectivity index (χ4v) is 3.64. The summed E-state index contributed by atoms with van der Waals surface area (Å²) < 4.78 is 1.55. The number of carbonyl (C=O) groups excluding carboxylic acids is 1. The molecule has 2 aromatic heterocycles. The molecule has 2 aromatic rings. The zero-order valence-corrected chi connectivity index (χ0v) is 14.5. The zero-order chi connectivity index (χ0) is 17.3. The van der Waals surface area contributed by atoms with E-state index >= 15 is 0 Å². The topological polar surface area (TPSA) is 95.6 Å². The van der Waals surface area contributed by atoms with Crippen LogP contribution in [0.3, 0.4) is 0 Å². The number of nitrogens with zero attached hydrogens (tertiary/aromatic N) is 2. The smallest absolute Gasteiger partial charge is 0.343 e. The fourth-order valence-electron chi connectivity index (χ4n) is 3.64. The molecule has 1 fully saturated rings. The summed E-state index contributed by atoms with van der Waals surface area (Å²) in [6.45, 7) is 3.89. The van der Waals surface area contributed by atoms with Gasteiger partial charge in [-0.2, -0.15) is 5.10 Å². The lowest BCUT2D eigenvalue weighted by Crippen LogP contribution is -2.43. The molecule has 1 saturated carbocycles. The number of hydrogen-bond acceptors (Lipinski definition) is 3. The van der Waals surface area contributed by atoms with E-state index in [1.807, 2.05) is 19.9 Å². The molecular weight excluding hydrogens is 306 g/mol. The van der Waals surface area contributed by atoms with Gasteiger partial charge in [-0.25, -0.2) is 9.89 Å². The van der Waals surface area contributed by atoms with Gasteiger partial charge in [0.2, 0.25) is 0 Å². The number of hydrogen-bond donors (Lipinski definition) is 3. The molecule has 2 atom stereocenters. The van der Waals surface area contributed by atoms with Crippen LogP contribution >= 0.6 is 0 Å². The van der Waals surface area contributed by atoms with Crippen LogP contribution in [-0.2, 0) is 13.5 Å². The lowest BCUT2D eigenvalue weighted by atomic mass is 9.82. The normalized spacial score (nSPS) is 21.0. The predicted octanol–water partition coefficient (Wildman–Crippen LogP) is 1.58. The molecule has 0 unspecified atom stereocenters. The molecular formula is C17H25N5O2. The molecule has 0 spiro atoms. The van der Waals surface area contributed by atoms with Gasteiger partial charge in [0.1, 0.15) is 11.5 Å². The molecule has 0 bridgehead atoms. The molecule has 1 amide bonds. The first kappa shape index (κ1) is 16.5. The van der Waals surface area contributed by atoms with Gasteiger partial charge in [-0.15, -0.1) is 0 Å². The van der Waals surface area contributed by atoms with Crippen molar-refractivity contribution >= 4 is 5.91 Å². The van der Waals surface area contributed by atoms with Crippen molar-refractivity contribution in [3.8, 4) is 0 Å². The minimum atomic E-state index is -0.195. The summed E-state index contributed by atoms with van der Waals surface area (Å²) in [5.41, 5.74) is 2.40. The maximum atomic E-state index is 12.6. The van der Waals surface area contributed by atoms with Crippen molar-refractivity contribution in [2.75, 3.05) is 0 Å². The average molecular weight is 331 g/mol. The minimum absolute atomic E-state index is 0.0478.